The Kier molecular flexibility index (Phi) is 4.84. The van der Waals surface area contributed by atoms with E-state index in [1.54, 1.807) is 13.8 Å². The zero-order chi connectivity index (χ0) is 20.7. The Morgan fingerprint density at radius 1 is 1.39 bits per heavy atom. The van der Waals surface area contributed by atoms with E-state index < -0.39 is 27.0 Å². The third-order valence-electron chi connectivity index (χ3n) is 4.51. The van der Waals surface area contributed by atoms with Crippen LogP contribution in [0.25, 0.3) is 0 Å². The van der Waals surface area contributed by atoms with E-state index in [0.29, 0.717) is 11.4 Å². The van der Waals surface area contributed by atoms with Crippen LogP contribution in [0.4, 0.5) is 10.1 Å². The summed E-state index contributed by atoms with van der Waals surface area (Å²) in [7, 11) is -1.23. The normalized spacial score (nSPS) is 24.6. The summed E-state index contributed by atoms with van der Waals surface area (Å²) in [6, 6.07) is 4.09. The lowest BCUT2D eigenvalue weighted by atomic mass is 9.93. The Labute approximate surface area is 162 Å². The number of carbonyl (C=O) groups excluding carboxylic acids is 1. The first kappa shape index (κ1) is 19.7. The largest absolute Gasteiger partial charge is 0.369 e. The van der Waals surface area contributed by atoms with E-state index in [0.717, 1.165) is 0 Å². The second-order valence-corrected chi connectivity index (χ2v) is 9.23. The maximum Gasteiger partial charge on any atom is 0.275 e. The lowest BCUT2D eigenvalue weighted by Gasteiger charge is -2.37. The molecule has 3 N–H and O–H groups in total. The Morgan fingerprint density at radius 2 is 2.11 bits per heavy atom. The summed E-state index contributed by atoms with van der Waals surface area (Å²) in [6.45, 7) is 3.39. The Hall–Kier alpha value is -3.01. The average Bonchev–Trinajstić information content (AvgIpc) is 2.61. The summed E-state index contributed by atoms with van der Waals surface area (Å²) in [5.74, 6) is 2.67. The van der Waals surface area contributed by atoms with Crippen LogP contribution in [0.1, 0.15) is 28.7 Å². The van der Waals surface area contributed by atoms with E-state index in [9.17, 15) is 13.4 Å². The number of aromatic nitrogens is 2. The molecule has 0 radical (unpaired) electrons. The molecule has 0 bridgehead atoms. The quantitative estimate of drug-likeness (QED) is 0.748. The summed E-state index contributed by atoms with van der Waals surface area (Å²) < 4.78 is 28.7. The summed E-state index contributed by atoms with van der Waals surface area (Å²) >= 11 is 0. The van der Waals surface area contributed by atoms with E-state index >= 15 is 0 Å². The van der Waals surface area contributed by atoms with Crippen molar-refractivity contribution in [3.05, 3.63) is 53.4 Å². The zero-order valence-corrected chi connectivity index (χ0v) is 16.6. The number of anilines is 1. The number of halogens is 1. The van der Waals surface area contributed by atoms with Crippen molar-refractivity contribution >= 4 is 33.1 Å². The highest BCUT2D eigenvalue weighted by atomic mass is 32.2. The van der Waals surface area contributed by atoms with Gasteiger partial charge in [-0.05, 0) is 37.9 Å². The molecule has 3 rings (SSSR count). The Morgan fingerprint density at radius 3 is 2.71 bits per heavy atom. The van der Waals surface area contributed by atoms with Gasteiger partial charge < -0.3 is 11.1 Å². The number of aliphatic imine (C=N–C) groups is 1. The molecule has 1 aliphatic heterocycles. The molecule has 0 saturated carbocycles. The van der Waals surface area contributed by atoms with Gasteiger partial charge in [0.25, 0.3) is 5.91 Å². The van der Waals surface area contributed by atoms with Crippen LogP contribution >= 0.6 is 0 Å². The maximum absolute atomic E-state index is 14.6. The molecule has 0 aliphatic carbocycles. The van der Waals surface area contributed by atoms with E-state index in [4.69, 9.17) is 5.73 Å². The SMILES string of the molecule is C=S1(=O)C[C@@](C)(c2cc(NC(=O)c3cnc(C)cn3)ccc2F)N=C(N)N1C. The number of aryl methyl sites for hydroxylation is 1. The predicted octanol–water partition coefficient (Wildman–Crippen LogP) is 1.28. The number of guanidine groups is 1. The van der Waals surface area contributed by atoms with Crippen LogP contribution in [0.5, 0.6) is 0 Å². The minimum Gasteiger partial charge on any atom is -0.369 e. The fourth-order valence-electron chi connectivity index (χ4n) is 2.92. The first-order chi connectivity index (χ1) is 13.0. The van der Waals surface area contributed by atoms with Gasteiger partial charge in [0.15, 0.2) is 0 Å². The number of carbonyl (C=O) groups is 1. The number of amides is 1. The van der Waals surface area contributed by atoms with E-state index in [-0.39, 0.29) is 23.0 Å². The van der Waals surface area contributed by atoms with Crippen molar-refractivity contribution in [3.63, 3.8) is 0 Å². The molecule has 1 unspecified atom stereocenters. The van der Waals surface area contributed by atoms with Crippen LogP contribution in [-0.4, -0.2) is 49.0 Å². The lowest BCUT2D eigenvalue weighted by Crippen LogP contribution is -2.50. The van der Waals surface area contributed by atoms with E-state index in [2.05, 4.69) is 26.1 Å². The van der Waals surface area contributed by atoms with Gasteiger partial charge in [-0.1, -0.05) is 0 Å². The molecule has 1 amide bonds. The Balaban J connectivity index is 1.96. The van der Waals surface area contributed by atoms with Gasteiger partial charge in [-0.2, -0.15) is 0 Å². The van der Waals surface area contributed by atoms with Crippen LogP contribution in [0.3, 0.4) is 0 Å². The van der Waals surface area contributed by atoms with Gasteiger partial charge >= 0.3 is 0 Å². The highest BCUT2D eigenvalue weighted by Gasteiger charge is 2.38. The molecule has 10 heteroatoms. The van der Waals surface area contributed by atoms with Crippen LogP contribution in [0.15, 0.2) is 35.6 Å². The highest BCUT2D eigenvalue weighted by Crippen LogP contribution is 2.34. The fraction of sp³-hybridized carbons (Fsp3) is 0.278. The smallest absolute Gasteiger partial charge is 0.275 e. The number of rotatable bonds is 3. The number of hydrogen-bond acceptors (Lipinski definition) is 6. The van der Waals surface area contributed by atoms with Gasteiger partial charge in [0.05, 0.1) is 27.4 Å². The van der Waals surface area contributed by atoms with Gasteiger partial charge in [0.1, 0.15) is 17.1 Å². The van der Waals surface area contributed by atoms with Gasteiger partial charge in [0.2, 0.25) is 5.96 Å². The molecule has 8 nitrogen and oxygen atoms in total. The summed E-state index contributed by atoms with van der Waals surface area (Å²) in [5, 5.41) is 2.66. The predicted molar refractivity (Wildman–Crippen MR) is 108 cm³/mol. The second-order valence-electron chi connectivity index (χ2n) is 6.85. The minimum atomic E-state index is -2.76. The molecule has 0 saturated heterocycles. The summed E-state index contributed by atoms with van der Waals surface area (Å²) in [4.78, 5) is 24.7. The van der Waals surface area contributed by atoms with Gasteiger partial charge in [-0.15, -0.1) is 0 Å². The minimum absolute atomic E-state index is 0.0116. The molecular formula is C18H21FN6O2S. The Bertz CT molecular complexity index is 1070. The first-order valence-corrected chi connectivity index (χ1v) is 10.2. The summed E-state index contributed by atoms with van der Waals surface area (Å²) in [6.07, 6.45) is 2.84. The molecular weight excluding hydrogens is 383 g/mol. The maximum atomic E-state index is 14.6. The lowest BCUT2D eigenvalue weighted by molar-refractivity contribution is 0.102. The standard InChI is InChI=1S/C18H21FN6O2S/c1-11-8-22-15(9-21-11)16(26)23-12-5-6-14(19)13(7-12)18(2)10-28(4,27)25(3)17(20)24-18/h5-9H,4,10H2,1-3H3,(H2,20,24)(H,23,26)/t18-,28?/m0/s1. The topological polar surface area (TPSA) is 114 Å². The number of hydrogen-bond donors (Lipinski definition) is 2. The van der Waals surface area contributed by atoms with E-state index in [1.165, 1.54) is 41.9 Å². The molecule has 148 valence electrons. The number of nitrogens with one attached hydrogen (secondary N) is 1. The van der Waals surface area contributed by atoms with Crippen molar-refractivity contribution in [2.45, 2.75) is 19.4 Å². The number of nitrogens with zero attached hydrogens (tertiary/aromatic N) is 4. The fourth-order valence-corrected chi connectivity index (χ4v) is 4.59. The van der Waals surface area contributed by atoms with Crippen molar-refractivity contribution in [1.82, 2.24) is 14.3 Å². The highest BCUT2D eigenvalue weighted by molar-refractivity contribution is 7.98. The van der Waals surface area contributed by atoms with Gasteiger partial charge in [0, 0.05) is 24.5 Å². The molecule has 2 atom stereocenters. The third-order valence-corrected chi connectivity index (χ3v) is 6.71. The second kappa shape index (κ2) is 6.86. The zero-order valence-electron chi connectivity index (χ0n) is 15.8. The first-order valence-electron chi connectivity index (χ1n) is 8.36. The molecule has 1 aromatic heterocycles. The molecule has 2 aromatic rings. The monoisotopic (exact) mass is 404 g/mol. The summed E-state index contributed by atoms with van der Waals surface area (Å²) in [5.41, 5.74) is 6.00. The molecule has 28 heavy (non-hydrogen) atoms. The third kappa shape index (κ3) is 3.68. The van der Waals surface area contributed by atoms with Crippen LogP contribution in [0.2, 0.25) is 0 Å². The van der Waals surface area contributed by atoms with Crippen LogP contribution in [0, 0.1) is 12.7 Å². The van der Waals surface area contributed by atoms with Crippen molar-refractivity contribution in [1.29, 1.82) is 0 Å². The number of benzene rings is 1. The molecule has 0 fully saturated rings. The van der Waals surface area contributed by atoms with Crippen molar-refractivity contribution in [3.8, 4) is 0 Å². The van der Waals surface area contributed by atoms with E-state index in [1.807, 2.05) is 0 Å². The average molecular weight is 404 g/mol. The van der Waals surface area contributed by atoms with Gasteiger partial charge in [-0.25, -0.2) is 18.6 Å². The van der Waals surface area contributed by atoms with Gasteiger partial charge in [-0.3, -0.25) is 14.1 Å². The molecule has 2 heterocycles. The van der Waals surface area contributed by atoms with Crippen molar-refractivity contribution < 1.29 is 13.4 Å². The van der Waals surface area contributed by atoms with Crippen molar-refractivity contribution in [2.24, 2.45) is 10.7 Å². The number of nitrogens with two attached hydrogens (primary N) is 1. The molecule has 0 spiro atoms. The van der Waals surface area contributed by atoms with Crippen LogP contribution in [-0.2, 0) is 15.2 Å². The molecule has 1 aliphatic rings. The van der Waals surface area contributed by atoms with Crippen molar-refractivity contribution in [2.75, 3.05) is 18.1 Å². The molecule has 1 aromatic carbocycles. The van der Waals surface area contributed by atoms with Crippen LogP contribution < -0.4 is 11.1 Å².